The fraction of sp³-hybridized carbons (Fsp3) is 0.0526. The van der Waals surface area contributed by atoms with Gasteiger partial charge in [-0.2, -0.15) is 0 Å². The first-order valence-electron chi connectivity index (χ1n) is 7.04. The zero-order valence-corrected chi connectivity index (χ0v) is 13.1. The van der Waals surface area contributed by atoms with Crippen LogP contribution in [-0.2, 0) is 6.42 Å². The summed E-state index contributed by atoms with van der Waals surface area (Å²) in [5, 5.41) is 27.6. The maximum atomic E-state index is 9.64. The molecule has 0 saturated carbocycles. The van der Waals surface area contributed by atoms with E-state index in [1.807, 2.05) is 30.3 Å². The van der Waals surface area contributed by atoms with E-state index in [1.165, 1.54) is 18.2 Å². The second-order valence-electron chi connectivity index (χ2n) is 4.96. The zero-order chi connectivity index (χ0) is 16.7. The van der Waals surface area contributed by atoms with Gasteiger partial charge < -0.3 is 15.3 Å². The smallest absolute Gasteiger partial charge is 0.119 e. The van der Waals surface area contributed by atoms with Crippen LogP contribution < -0.4 is 0 Å². The van der Waals surface area contributed by atoms with E-state index >= 15 is 0 Å². The van der Waals surface area contributed by atoms with Gasteiger partial charge >= 0.3 is 0 Å². The molecular weight excluding hydrogens is 312 g/mol. The molecule has 3 rings (SSSR count). The summed E-state index contributed by atoms with van der Waals surface area (Å²) in [5.74, 6) is 0.471. The van der Waals surface area contributed by atoms with Crippen LogP contribution in [0.2, 0.25) is 5.02 Å². The van der Waals surface area contributed by atoms with Crippen LogP contribution in [-0.4, -0.2) is 15.3 Å². The lowest BCUT2D eigenvalue weighted by Gasteiger charge is -2.05. The van der Waals surface area contributed by atoms with E-state index in [0.29, 0.717) is 17.2 Å². The highest BCUT2D eigenvalue weighted by Crippen LogP contribution is 2.23. The highest BCUT2D eigenvalue weighted by molar-refractivity contribution is 6.30. The van der Waals surface area contributed by atoms with Gasteiger partial charge in [0.15, 0.2) is 0 Å². The number of hydrogen-bond donors (Lipinski definition) is 3. The van der Waals surface area contributed by atoms with Crippen LogP contribution in [0.25, 0.3) is 0 Å². The van der Waals surface area contributed by atoms with Gasteiger partial charge in [0.05, 0.1) is 0 Å². The summed E-state index contributed by atoms with van der Waals surface area (Å²) in [6.07, 6.45) is 0.702. The Morgan fingerprint density at radius 3 is 1.91 bits per heavy atom. The minimum absolute atomic E-state index is 0.0880. The van der Waals surface area contributed by atoms with Crippen molar-refractivity contribution in [1.82, 2.24) is 0 Å². The molecule has 3 aromatic carbocycles. The van der Waals surface area contributed by atoms with Crippen LogP contribution in [0.3, 0.4) is 0 Å². The Morgan fingerprint density at radius 2 is 1.35 bits per heavy atom. The summed E-state index contributed by atoms with van der Waals surface area (Å²) >= 11 is 5.87. The molecule has 118 valence electrons. The third-order valence-electron chi connectivity index (χ3n) is 3.11. The standard InChI is InChI=1S/C13H11ClO.C6H6O2/c14-12-6-7-13(15)11(9-12)8-10-4-2-1-3-5-10;7-5-2-1-3-6(8)4-5/h1-7,9,15H,8H2;1-4,7-8H. The number of phenols is 3. The summed E-state index contributed by atoms with van der Waals surface area (Å²) in [6, 6.07) is 21.0. The van der Waals surface area contributed by atoms with E-state index in [2.05, 4.69) is 0 Å². The quantitative estimate of drug-likeness (QED) is 0.637. The van der Waals surface area contributed by atoms with Crippen LogP contribution in [0, 0.1) is 0 Å². The van der Waals surface area contributed by atoms with Gasteiger partial charge in [0, 0.05) is 17.5 Å². The maximum absolute atomic E-state index is 9.64. The second kappa shape index (κ2) is 8.11. The third kappa shape index (κ3) is 5.57. The molecule has 0 unspecified atom stereocenters. The molecule has 0 amide bonds. The van der Waals surface area contributed by atoms with E-state index in [0.717, 1.165) is 11.1 Å². The fourth-order valence-electron chi connectivity index (χ4n) is 2.00. The summed E-state index contributed by atoms with van der Waals surface area (Å²) in [6.45, 7) is 0. The lowest BCUT2D eigenvalue weighted by Crippen LogP contribution is -1.88. The van der Waals surface area contributed by atoms with Crippen molar-refractivity contribution in [2.45, 2.75) is 6.42 Å². The fourth-order valence-corrected chi connectivity index (χ4v) is 2.20. The van der Waals surface area contributed by atoms with Gasteiger partial charge in [-0.25, -0.2) is 0 Å². The van der Waals surface area contributed by atoms with Crippen LogP contribution >= 0.6 is 11.6 Å². The number of halogens is 1. The van der Waals surface area contributed by atoms with Crippen LogP contribution in [0.5, 0.6) is 17.2 Å². The minimum atomic E-state index is 0.0880. The molecule has 0 aromatic heterocycles. The van der Waals surface area contributed by atoms with E-state index in [4.69, 9.17) is 21.8 Å². The first-order chi connectivity index (χ1) is 11.0. The predicted octanol–water partition coefficient (Wildman–Crippen LogP) is 4.73. The first-order valence-corrected chi connectivity index (χ1v) is 7.41. The van der Waals surface area contributed by atoms with E-state index in [9.17, 15) is 5.11 Å². The van der Waals surface area contributed by atoms with Crippen LogP contribution in [0.1, 0.15) is 11.1 Å². The van der Waals surface area contributed by atoms with Gasteiger partial charge in [-0.05, 0) is 41.5 Å². The number of phenolic OH excluding ortho intramolecular Hbond substituents is 3. The molecule has 0 bridgehead atoms. The predicted molar refractivity (Wildman–Crippen MR) is 92.1 cm³/mol. The highest BCUT2D eigenvalue weighted by atomic mass is 35.5. The number of aromatic hydroxyl groups is 3. The Bertz CT molecular complexity index is 740. The van der Waals surface area contributed by atoms with Gasteiger partial charge in [0.25, 0.3) is 0 Å². The SMILES string of the molecule is Oc1ccc(Cl)cc1Cc1ccccc1.Oc1cccc(O)c1. The summed E-state index contributed by atoms with van der Waals surface area (Å²) in [7, 11) is 0. The van der Waals surface area contributed by atoms with Gasteiger partial charge in [0.2, 0.25) is 0 Å². The van der Waals surface area contributed by atoms with Crippen molar-refractivity contribution in [2.24, 2.45) is 0 Å². The monoisotopic (exact) mass is 328 g/mol. The normalized spacial score (nSPS) is 9.78. The Balaban J connectivity index is 0.000000203. The Hall–Kier alpha value is -2.65. The first kappa shape index (κ1) is 16.7. The molecule has 0 aliphatic rings. The molecule has 0 saturated heterocycles. The molecule has 0 atom stereocenters. The van der Waals surface area contributed by atoms with E-state index in [1.54, 1.807) is 24.3 Å². The van der Waals surface area contributed by atoms with Crippen molar-refractivity contribution in [3.8, 4) is 17.2 Å². The molecule has 0 aliphatic carbocycles. The van der Waals surface area contributed by atoms with Crippen molar-refractivity contribution >= 4 is 11.6 Å². The molecule has 0 fully saturated rings. The molecule has 0 radical (unpaired) electrons. The molecule has 4 heteroatoms. The van der Waals surface area contributed by atoms with Gasteiger partial charge in [0.1, 0.15) is 17.2 Å². The molecule has 0 heterocycles. The van der Waals surface area contributed by atoms with Crippen molar-refractivity contribution in [2.75, 3.05) is 0 Å². The molecule has 0 spiro atoms. The summed E-state index contributed by atoms with van der Waals surface area (Å²) < 4.78 is 0. The molecule has 3 aromatic rings. The highest BCUT2D eigenvalue weighted by Gasteiger charge is 2.02. The van der Waals surface area contributed by atoms with Crippen molar-refractivity contribution in [3.05, 3.63) is 88.9 Å². The van der Waals surface area contributed by atoms with Crippen molar-refractivity contribution in [3.63, 3.8) is 0 Å². The van der Waals surface area contributed by atoms with E-state index < -0.39 is 0 Å². The topological polar surface area (TPSA) is 60.7 Å². The summed E-state index contributed by atoms with van der Waals surface area (Å²) in [5.41, 5.74) is 2.02. The molecule has 0 aliphatic heterocycles. The van der Waals surface area contributed by atoms with Crippen molar-refractivity contribution < 1.29 is 15.3 Å². The zero-order valence-electron chi connectivity index (χ0n) is 12.4. The lowest BCUT2D eigenvalue weighted by atomic mass is 10.0. The largest absolute Gasteiger partial charge is 0.508 e. The Morgan fingerprint density at radius 1 is 0.696 bits per heavy atom. The number of rotatable bonds is 2. The van der Waals surface area contributed by atoms with Gasteiger partial charge in [-0.15, -0.1) is 0 Å². The average molecular weight is 329 g/mol. The average Bonchev–Trinajstić information content (AvgIpc) is 2.52. The summed E-state index contributed by atoms with van der Waals surface area (Å²) in [4.78, 5) is 0. The van der Waals surface area contributed by atoms with E-state index in [-0.39, 0.29) is 11.5 Å². The van der Waals surface area contributed by atoms with Gasteiger partial charge in [-0.1, -0.05) is 48.0 Å². The Kier molecular flexibility index (Phi) is 5.89. The van der Waals surface area contributed by atoms with Crippen molar-refractivity contribution in [1.29, 1.82) is 0 Å². The van der Waals surface area contributed by atoms with Crippen LogP contribution in [0.4, 0.5) is 0 Å². The Labute approximate surface area is 140 Å². The van der Waals surface area contributed by atoms with Gasteiger partial charge in [-0.3, -0.25) is 0 Å². The molecule has 3 N–H and O–H groups in total. The van der Waals surface area contributed by atoms with Crippen LogP contribution in [0.15, 0.2) is 72.8 Å². The molecular formula is C19H17ClO3. The maximum Gasteiger partial charge on any atom is 0.119 e. The molecule has 3 nitrogen and oxygen atoms in total. The number of hydrogen-bond acceptors (Lipinski definition) is 3. The lowest BCUT2D eigenvalue weighted by molar-refractivity contribution is 0.450. The molecule has 23 heavy (non-hydrogen) atoms. The second-order valence-corrected chi connectivity index (χ2v) is 5.39. The third-order valence-corrected chi connectivity index (χ3v) is 3.34. The minimum Gasteiger partial charge on any atom is -0.508 e. The number of benzene rings is 3.